The number of ether oxygens (including phenoxy) is 5. The van der Waals surface area contributed by atoms with Gasteiger partial charge in [0.1, 0.15) is 17.9 Å². The first-order valence-corrected chi connectivity index (χ1v) is 9.16. The summed E-state index contributed by atoms with van der Waals surface area (Å²) in [5, 5.41) is 10.5. The van der Waals surface area contributed by atoms with Gasteiger partial charge < -0.3 is 33.2 Å². The van der Waals surface area contributed by atoms with Crippen molar-refractivity contribution in [2.45, 2.75) is 13.8 Å². The third-order valence-electron chi connectivity index (χ3n) is 4.18. The molecule has 28 heavy (non-hydrogen) atoms. The highest BCUT2D eigenvalue weighted by Crippen LogP contribution is 2.31. The Hall–Kier alpha value is -2.13. The molecule has 2 rings (SSSR count). The second kappa shape index (κ2) is 11.7. The number of rotatable bonds is 13. The van der Waals surface area contributed by atoms with Crippen LogP contribution < -0.4 is 0 Å². The number of aromatic hydroxyl groups is 1. The zero-order chi connectivity index (χ0) is 20.4. The average molecular weight is 396 g/mol. The minimum Gasteiger partial charge on any atom is -0.508 e. The summed E-state index contributed by atoms with van der Waals surface area (Å²) in [6.45, 7) is 6.95. The van der Waals surface area contributed by atoms with E-state index in [4.69, 9.17) is 28.1 Å². The quantitative estimate of drug-likeness (QED) is 0.408. The number of hydrogen-bond donors (Lipinski definition) is 1. The van der Waals surface area contributed by atoms with Gasteiger partial charge >= 0.3 is 5.97 Å². The second-order valence-corrected chi connectivity index (χ2v) is 6.14. The molecule has 0 bridgehead atoms. The van der Waals surface area contributed by atoms with E-state index in [2.05, 4.69) is 0 Å². The number of phenolic OH excluding ortho intramolecular Hbond substituents is 1. The molecular formula is C20H28O8. The van der Waals surface area contributed by atoms with E-state index in [1.165, 1.54) is 0 Å². The lowest BCUT2D eigenvalue weighted by atomic mass is 10.1. The van der Waals surface area contributed by atoms with Gasteiger partial charge in [0.25, 0.3) is 0 Å². The molecule has 0 spiro atoms. The van der Waals surface area contributed by atoms with Crippen molar-refractivity contribution in [3.8, 4) is 5.75 Å². The molecule has 0 amide bonds. The molecule has 0 aliphatic heterocycles. The number of methoxy groups -OCH3 is 1. The van der Waals surface area contributed by atoms with Crippen LogP contribution in [0.1, 0.15) is 21.7 Å². The van der Waals surface area contributed by atoms with E-state index in [1.54, 1.807) is 26.2 Å². The standard InChI is InChI=1S/C20H28O8/c1-14-15(2)19-16(12-17(14)21)13-18(28-19)20(22)27-11-10-26-9-8-25-7-6-24-5-4-23-3/h12-13,21H,4-11H2,1-3H3. The van der Waals surface area contributed by atoms with E-state index in [0.29, 0.717) is 50.6 Å². The van der Waals surface area contributed by atoms with Crippen LogP contribution >= 0.6 is 0 Å². The van der Waals surface area contributed by atoms with Crippen LogP contribution in [-0.2, 0) is 23.7 Å². The summed E-state index contributed by atoms with van der Waals surface area (Å²) in [6.07, 6.45) is 0. The van der Waals surface area contributed by atoms with Crippen molar-refractivity contribution in [2.75, 3.05) is 60.0 Å². The molecule has 8 heteroatoms. The summed E-state index contributed by atoms with van der Waals surface area (Å²) in [7, 11) is 1.62. The number of benzene rings is 1. The average Bonchev–Trinajstić information content (AvgIpc) is 3.11. The Labute approximate surface area is 164 Å². The van der Waals surface area contributed by atoms with Crippen molar-refractivity contribution in [1.29, 1.82) is 0 Å². The van der Waals surface area contributed by atoms with Gasteiger partial charge in [0, 0.05) is 12.5 Å². The second-order valence-electron chi connectivity index (χ2n) is 6.14. The van der Waals surface area contributed by atoms with Gasteiger partial charge in [-0.3, -0.25) is 0 Å². The molecule has 0 atom stereocenters. The predicted octanol–water partition coefficient (Wildman–Crippen LogP) is 2.61. The molecule has 0 saturated carbocycles. The molecule has 1 aromatic heterocycles. The van der Waals surface area contributed by atoms with Crippen LogP contribution in [0.2, 0.25) is 0 Å². The number of carbonyl (C=O) groups excluding carboxylic acids is 1. The van der Waals surface area contributed by atoms with Crippen LogP contribution in [0.5, 0.6) is 5.75 Å². The molecule has 0 aliphatic carbocycles. The number of hydrogen-bond acceptors (Lipinski definition) is 8. The molecule has 2 aromatic rings. The highest BCUT2D eigenvalue weighted by molar-refractivity contribution is 5.94. The highest BCUT2D eigenvalue weighted by atomic mass is 16.6. The number of aryl methyl sites for hydroxylation is 1. The van der Waals surface area contributed by atoms with Crippen molar-refractivity contribution in [3.63, 3.8) is 0 Å². The fourth-order valence-corrected chi connectivity index (χ4v) is 2.47. The van der Waals surface area contributed by atoms with Gasteiger partial charge in [0.2, 0.25) is 5.76 Å². The SMILES string of the molecule is COCCOCCOCCOCCOC(=O)c1cc2cc(O)c(C)c(C)c2o1. The first-order chi connectivity index (χ1) is 13.5. The lowest BCUT2D eigenvalue weighted by molar-refractivity contribution is -0.00602. The summed E-state index contributed by atoms with van der Waals surface area (Å²) < 4.78 is 31.5. The van der Waals surface area contributed by atoms with Crippen molar-refractivity contribution >= 4 is 16.9 Å². The van der Waals surface area contributed by atoms with Crippen molar-refractivity contribution in [1.82, 2.24) is 0 Å². The lowest BCUT2D eigenvalue weighted by Crippen LogP contribution is -2.14. The topological polar surface area (TPSA) is 96.6 Å². The van der Waals surface area contributed by atoms with Crippen molar-refractivity contribution < 1.29 is 38.0 Å². The Bertz CT molecular complexity index is 752. The van der Waals surface area contributed by atoms with Gasteiger partial charge in [0.05, 0.1) is 46.2 Å². The van der Waals surface area contributed by atoms with E-state index in [0.717, 1.165) is 11.1 Å². The van der Waals surface area contributed by atoms with E-state index in [1.807, 2.05) is 6.92 Å². The molecule has 0 aliphatic rings. The van der Waals surface area contributed by atoms with Crippen molar-refractivity contribution in [2.24, 2.45) is 0 Å². The van der Waals surface area contributed by atoms with Crippen LogP contribution in [0, 0.1) is 13.8 Å². The van der Waals surface area contributed by atoms with Gasteiger partial charge in [-0.1, -0.05) is 0 Å². The molecule has 156 valence electrons. The monoisotopic (exact) mass is 396 g/mol. The molecule has 0 fully saturated rings. The summed E-state index contributed by atoms with van der Waals surface area (Å²) in [5.74, 6) is -0.302. The normalized spacial score (nSPS) is 11.2. The number of carbonyl (C=O) groups is 1. The molecule has 0 radical (unpaired) electrons. The van der Waals surface area contributed by atoms with E-state index >= 15 is 0 Å². The highest BCUT2D eigenvalue weighted by Gasteiger charge is 2.17. The minimum atomic E-state index is -0.569. The lowest BCUT2D eigenvalue weighted by Gasteiger charge is -2.07. The molecule has 1 aromatic carbocycles. The number of esters is 1. The van der Waals surface area contributed by atoms with Crippen LogP contribution in [0.3, 0.4) is 0 Å². The van der Waals surface area contributed by atoms with E-state index in [-0.39, 0.29) is 24.7 Å². The zero-order valence-corrected chi connectivity index (χ0v) is 16.6. The van der Waals surface area contributed by atoms with Crippen LogP contribution in [0.4, 0.5) is 0 Å². The first kappa shape index (κ1) is 22.2. The first-order valence-electron chi connectivity index (χ1n) is 9.16. The summed E-state index contributed by atoms with van der Waals surface area (Å²) in [6, 6.07) is 3.14. The van der Waals surface area contributed by atoms with E-state index in [9.17, 15) is 9.90 Å². The molecule has 0 saturated heterocycles. The molecule has 0 unspecified atom stereocenters. The number of phenols is 1. The smallest absolute Gasteiger partial charge is 0.374 e. The van der Waals surface area contributed by atoms with Gasteiger partial charge in [-0.25, -0.2) is 4.79 Å². The third-order valence-corrected chi connectivity index (χ3v) is 4.18. The molecule has 1 heterocycles. The zero-order valence-electron chi connectivity index (χ0n) is 16.6. The largest absolute Gasteiger partial charge is 0.508 e. The van der Waals surface area contributed by atoms with Crippen LogP contribution in [0.25, 0.3) is 11.0 Å². The maximum atomic E-state index is 12.1. The number of fused-ring (bicyclic) bond motifs is 1. The Kier molecular flexibility index (Phi) is 9.22. The van der Waals surface area contributed by atoms with Crippen LogP contribution in [-0.4, -0.2) is 71.0 Å². The predicted molar refractivity (Wildman–Crippen MR) is 102 cm³/mol. The van der Waals surface area contributed by atoms with Gasteiger partial charge in [-0.2, -0.15) is 0 Å². The fraction of sp³-hybridized carbons (Fsp3) is 0.550. The maximum absolute atomic E-state index is 12.1. The van der Waals surface area contributed by atoms with Crippen LogP contribution in [0.15, 0.2) is 16.5 Å². The van der Waals surface area contributed by atoms with Gasteiger partial charge in [0.15, 0.2) is 0 Å². The van der Waals surface area contributed by atoms with Gasteiger partial charge in [-0.05, 0) is 37.1 Å². The third kappa shape index (κ3) is 6.49. The molecular weight excluding hydrogens is 368 g/mol. The Morgan fingerprint density at radius 2 is 1.46 bits per heavy atom. The number of furan rings is 1. The molecule has 1 N–H and O–H groups in total. The Balaban J connectivity index is 1.60. The summed E-state index contributed by atoms with van der Waals surface area (Å²) in [4.78, 5) is 12.1. The van der Waals surface area contributed by atoms with Gasteiger partial charge in [-0.15, -0.1) is 0 Å². The Morgan fingerprint density at radius 1 is 0.893 bits per heavy atom. The molecule has 8 nitrogen and oxygen atoms in total. The van der Waals surface area contributed by atoms with E-state index < -0.39 is 5.97 Å². The summed E-state index contributed by atoms with van der Waals surface area (Å²) >= 11 is 0. The minimum absolute atomic E-state index is 0.0971. The van der Waals surface area contributed by atoms with Crippen molar-refractivity contribution in [3.05, 3.63) is 29.0 Å². The summed E-state index contributed by atoms with van der Waals surface area (Å²) in [5.41, 5.74) is 2.09. The fourth-order valence-electron chi connectivity index (χ4n) is 2.47. The maximum Gasteiger partial charge on any atom is 0.374 e. The Morgan fingerprint density at radius 3 is 2.07 bits per heavy atom.